The fourth-order valence-electron chi connectivity index (χ4n) is 2.59. The largest absolute Gasteiger partial charge is 0.495 e. The number of carbonyl (C=O) groups is 2. The number of hydrogen-bond acceptors (Lipinski definition) is 5. The summed E-state index contributed by atoms with van der Waals surface area (Å²) in [5, 5.41) is 6.35. The number of hydrogen-bond donors (Lipinski definition) is 2. The van der Waals surface area contributed by atoms with Gasteiger partial charge in [0.25, 0.3) is 0 Å². The zero-order valence-corrected chi connectivity index (χ0v) is 16.4. The average molecular weight is 403 g/mol. The number of ether oxygens (including phenoxy) is 2. The summed E-state index contributed by atoms with van der Waals surface area (Å²) in [6.07, 6.45) is 1.43. The monoisotopic (exact) mass is 403 g/mol. The summed E-state index contributed by atoms with van der Waals surface area (Å²) in [6, 6.07) is 23.8. The molecule has 152 valence electrons. The van der Waals surface area contributed by atoms with Gasteiger partial charge in [-0.25, -0.2) is 5.43 Å². The van der Waals surface area contributed by atoms with Gasteiger partial charge in [-0.1, -0.05) is 54.6 Å². The molecule has 0 bridgehead atoms. The SMILES string of the molecule is COc1ccccc1NC(=O)C(=O)N/N=C\c1ccccc1OCc1ccccc1. The van der Waals surface area contributed by atoms with Crippen LogP contribution in [0.1, 0.15) is 11.1 Å². The summed E-state index contributed by atoms with van der Waals surface area (Å²) in [6.45, 7) is 0.402. The lowest BCUT2D eigenvalue weighted by atomic mass is 10.2. The van der Waals surface area contributed by atoms with Crippen molar-refractivity contribution in [2.75, 3.05) is 12.4 Å². The molecule has 3 aromatic carbocycles. The molecule has 0 aromatic heterocycles. The Morgan fingerprint density at radius 2 is 1.53 bits per heavy atom. The molecule has 0 unspecified atom stereocenters. The van der Waals surface area contributed by atoms with E-state index in [4.69, 9.17) is 9.47 Å². The Morgan fingerprint density at radius 1 is 0.867 bits per heavy atom. The molecule has 0 atom stereocenters. The summed E-state index contributed by atoms with van der Waals surface area (Å²) >= 11 is 0. The van der Waals surface area contributed by atoms with E-state index in [-0.39, 0.29) is 0 Å². The first kappa shape index (κ1) is 20.6. The van der Waals surface area contributed by atoms with E-state index in [0.29, 0.717) is 29.4 Å². The molecule has 0 fully saturated rings. The van der Waals surface area contributed by atoms with E-state index in [9.17, 15) is 9.59 Å². The summed E-state index contributed by atoms with van der Waals surface area (Å²) in [7, 11) is 1.48. The predicted molar refractivity (Wildman–Crippen MR) is 115 cm³/mol. The van der Waals surface area contributed by atoms with Crippen LogP contribution in [-0.4, -0.2) is 25.1 Å². The van der Waals surface area contributed by atoms with Crippen molar-refractivity contribution in [3.63, 3.8) is 0 Å². The first-order valence-corrected chi connectivity index (χ1v) is 9.20. The van der Waals surface area contributed by atoms with E-state index in [1.165, 1.54) is 13.3 Å². The Kier molecular flexibility index (Phi) is 7.16. The average Bonchev–Trinajstić information content (AvgIpc) is 2.79. The molecule has 7 heteroatoms. The second kappa shape index (κ2) is 10.4. The van der Waals surface area contributed by atoms with Crippen LogP contribution < -0.4 is 20.2 Å². The second-order valence-electron chi connectivity index (χ2n) is 6.17. The Bertz CT molecular complexity index is 1040. The molecule has 0 spiro atoms. The molecular weight excluding hydrogens is 382 g/mol. The number of para-hydroxylation sites is 3. The highest BCUT2D eigenvalue weighted by Gasteiger charge is 2.15. The summed E-state index contributed by atoms with van der Waals surface area (Å²) < 4.78 is 11.0. The van der Waals surface area contributed by atoms with E-state index in [0.717, 1.165) is 5.56 Å². The number of hydrazone groups is 1. The minimum atomic E-state index is -0.903. The molecule has 3 aromatic rings. The van der Waals surface area contributed by atoms with Crippen molar-refractivity contribution >= 4 is 23.7 Å². The van der Waals surface area contributed by atoms with Crippen molar-refractivity contribution < 1.29 is 19.1 Å². The topological polar surface area (TPSA) is 89.0 Å². The Labute approximate surface area is 174 Å². The van der Waals surface area contributed by atoms with Crippen LogP contribution in [0.15, 0.2) is 84.0 Å². The van der Waals surface area contributed by atoms with Crippen LogP contribution in [0.25, 0.3) is 0 Å². The predicted octanol–water partition coefficient (Wildman–Crippen LogP) is 3.36. The molecule has 0 aliphatic heterocycles. The van der Waals surface area contributed by atoms with Crippen LogP contribution >= 0.6 is 0 Å². The van der Waals surface area contributed by atoms with Crippen LogP contribution in [0.4, 0.5) is 5.69 Å². The van der Waals surface area contributed by atoms with E-state index in [2.05, 4.69) is 15.8 Å². The molecule has 7 nitrogen and oxygen atoms in total. The number of nitrogens with zero attached hydrogens (tertiary/aromatic N) is 1. The van der Waals surface area contributed by atoms with Crippen LogP contribution in [0.2, 0.25) is 0 Å². The molecule has 2 N–H and O–H groups in total. The minimum Gasteiger partial charge on any atom is -0.495 e. The van der Waals surface area contributed by atoms with Gasteiger partial charge in [-0.2, -0.15) is 5.10 Å². The Hall–Kier alpha value is -4.13. The number of carbonyl (C=O) groups excluding carboxylic acids is 2. The zero-order valence-electron chi connectivity index (χ0n) is 16.4. The maximum atomic E-state index is 12.1. The number of nitrogens with one attached hydrogen (secondary N) is 2. The Morgan fingerprint density at radius 3 is 2.30 bits per heavy atom. The van der Waals surface area contributed by atoms with E-state index in [1.54, 1.807) is 36.4 Å². The third-order valence-corrected chi connectivity index (χ3v) is 4.09. The van der Waals surface area contributed by atoms with Crippen LogP contribution in [0.3, 0.4) is 0 Å². The van der Waals surface area contributed by atoms with Crippen LogP contribution in [0, 0.1) is 0 Å². The van der Waals surface area contributed by atoms with Gasteiger partial charge in [0.2, 0.25) is 0 Å². The van der Waals surface area contributed by atoms with Gasteiger partial charge in [0.1, 0.15) is 18.1 Å². The van der Waals surface area contributed by atoms with Crippen molar-refractivity contribution in [3.05, 3.63) is 90.0 Å². The molecule has 0 radical (unpaired) electrons. The number of anilines is 1. The lowest BCUT2D eigenvalue weighted by Gasteiger charge is -2.09. The molecule has 2 amide bonds. The highest BCUT2D eigenvalue weighted by molar-refractivity contribution is 6.39. The standard InChI is InChI=1S/C23H21N3O4/c1-29-21-14-8-6-12-19(21)25-22(27)23(28)26-24-15-18-11-5-7-13-20(18)30-16-17-9-3-2-4-10-17/h2-15H,16H2,1H3,(H,25,27)(H,26,28)/b24-15-. The first-order chi connectivity index (χ1) is 14.7. The fourth-order valence-corrected chi connectivity index (χ4v) is 2.59. The van der Waals surface area contributed by atoms with Crippen molar-refractivity contribution in [3.8, 4) is 11.5 Å². The van der Waals surface area contributed by atoms with Gasteiger partial charge in [-0.05, 0) is 29.8 Å². The van der Waals surface area contributed by atoms with Crippen molar-refractivity contribution in [1.82, 2.24) is 5.43 Å². The van der Waals surface area contributed by atoms with Crippen LogP contribution in [0.5, 0.6) is 11.5 Å². The summed E-state index contributed by atoms with van der Waals surface area (Å²) in [4.78, 5) is 24.1. The summed E-state index contributed by atoms with van der Waals surface area (Å²) in [5.74, 6) is -0.699. The second-order valence-corrected chi connectivity index (χ2v) is 6.17. The first-order valence-electron chi connectivity index (χ1n) is 9.20. The normalized spacial score (nSPS) is 10.4. The van der Waals surface area contributed by atoms with Crippen molar-refractivity contribution in [2.24, 2.45) is 5.10 Å². The van der Waals surface area contributed by atoms with Gasteiger partial charge < -0.3 is 14.8 Å². The molecule has 0 aliphatic rings. The van der Waals surface area contributed by atoms with Gasteiger partial charge in [-0.3, -0.25) is 9.59 Å². The molecule has 0 aliphatic carbocycles. The number of methoxy groups -OCH3 is 1. The molecule has 0 saturated carbocycles. The van der Waals surface area contributed by atoms with E-state index >= 15 is 0 Å². The van der Waals surface area contributed by atoms with E-state index < -0.39 is 11.8 Å². The van der Waals surface area contributed by atoms with Crippen LogP contribution in [-0.2, 0) is 16.2 Å². The van der Waals surface area contributed by atoms with Gasteiger partial charge in [0.15, 0.2) is 0 Å². The number of amides is 2. The van der Waals surface area contributed by atoms with Gasteiger partial charge in [-0.15, -0.1) is 0 Å². The fraction of sp³-hybridized carbons (Fsp3) is 0.0870. The molecule has 0 heterocycles. The molecular formula is C23H21N3O4. The maximum Gasteiger partial charge on any atom is 0.329 e. The third-order valence-electron chi connectivity index (χ3n) is 4.09. The lowest BCUT2D eigenvalue weighted by Crippen LogP contribution is -2.32. The van der Waals surface area contributed by atoms with Gasteiger partial charge in [0.05, 0.1) is 19.0 Å². The quantitative estimate of drug-likeness (QED) is 0.360. The summed E-state index contributed by atoms with van der Waals surface area (Å²) in [5.41, 5.74) is 4.30. The van der Waals surface area contributed by atoms with Gasteiger partial charge >= 0.3 is 11.8 Å². The lowest BCUT2D eigenvalue weighted by molar-refractivity contribution is -0.136. The zero-order chi connectivity index (χ0) is 21.2. The maximum absolute atomic E-state index is 12.1. The smallest absolute Gasteiger partial charge is 0.329 e. The highest BCUT2D eigenvalue weighted by Crippen LogP contribution is 2.22. The van der Waals surface area contributed by atoms with Gasteiger partial charge in [0, 0.05) is 5.56 Å². The molecule has 3 rings (SSSR count). The third kappa shape index (κ3) is 5.68. The molecule has 30 heavy (non-hydrogen) atoms. The highest BCUT2D eigenvalue weighted by atomic mass is 16.5. The van der Waals surface area contributed by atoms with Crippen molar-refractivity contribution in [2.45, 2.75) is 6.61 Å². The minimum absolute atomic E-state index is 0.392. The van der Waals surface area contributed by atoms with E-state index in [1.807, 2.05) is 42.5 Å². The van der Waals surface area contributed by atoms with Crippen molar-refractivity contribution in [1.29, 1.82) is 0 Å². The molecule has 0 saturated heterocycles. The number of rotatable bonds is 7. The number of benzene rings is 3. The Balaban J connectivity index is 1.58.